The largest absolute Gasteiger partial charge is 0.463 e. The molecule has 2 rings (SSSR count). The van der Waals surface area contributed by atoms with Gasteiger partial charge in [-0.05, 0) is 38.5 Å². The zero-order chi connectivity index (χ0) is 21.2. The van der Waals surface area contributed by atoms with Crippen molar-refractivity contribution in [2.24, 2.45) is 17.3 Å². The first-order valence-electron chi connectivity index (χ1n) is 10.8. The Hall–Kier alpha value is -0.980. The Bertz CT molecular complexity index is 573. The number of carbonyl (C=O) groups is 2. The zero-order valence-electron chi connectivity index (χ0n) is 18.1. The maximum absolute atomic E-state index is 13.2. The summed E-state index contributed by atoms with van der Waals surface area (Å²) in [7, 11) is 0. The lowest BCUT2D eigenvalue weighted by Crippen LogP contribution is -2.40. The van der Waals surface area contributed by atoms with E-state index < -0.39 is 28.9 Å². The summed E-state index contributed by atoms with van der Waals surface area (Å²) in [6.07, 6.45) is 4.28. The topological polar surface area (TPSA) is 96.4 Å². The molecule has 0 radical (unpaired) electrons. The summed E-state index contributed by atoms with van der Waals surface area (Å²) in [4.78, 5) is 25.3. The Morgan fingerprint density at radius 1 is 1.18 bits per heavy atom. The predicted octanol–water partition coefficient (Wildman–Crippen LogP) is 3.37. The molecule has 2 N–H and O–H groups in total. The van der Waals surface area contributed by atoms with E-state index in [0.29, 0.717) is 18.8 Å². The monoisotopic (exact) mass is 398 g/mol. The number of hydrogen-bond acceptors (Lipinski definition) is 6. The third-order valence-corrected chi connectivity index (χ3v) is 6.62. The highest BCUT2D eigenvalue weighted by Gasteiger charge is 2.70. The van der Waals surface area contributed by atoms with Crippen LogP contribution in [0, 0.1) is 17.3 Å². The van der Waals surface area contributed by atoms with Gasteiger partial charge in [-0.1, -0.05) is 47.0 Å². The van der Waals surface area contributed by atoms with Gasteiger partial charge in [0.25, 0.3) is 0 Å². The Morgan fingerprint density at radius 3 is 2.50 bits per heavy atom. The van der Waals surface area contributed by atoms with E-state index in [4.69, 9.17) is 9.47 Å². The molecule has 0 spiro atoms. The molecule has 0 aromatic rings. The van der Waals surface area contributed by atoms with Gasteiger partial charge in [0.2, 0.25) is 5.79 Å². The van der Waals surface area contributed by atoms with Crippen molar-refractivity contribution in [2.75, 3.05) is 6.61 Å². The van der Waals surface area contributed by atoms with Crippen LogP contribution in [0.1, 0.15) is 86.0 Å². The molecule has 2 heterocycles. The third-order valence-electron chi connectivity index (χ3n) is 6.62. The second-order valence-corrected chi connectivity index (χ2v) is 9.70. The van der Waals surface area contributed by atoms with Crippen LogP contribution in [0.25, 0.3) is 0 Å². The second kappa shape index (κ2) is 8.80. The van der Waals surface area contributed by atoms with Gasteiger partial charge >= 0.3 is 5.97 Å². The highest BCUT2D eigenvalue weighted by Crippen LogP contribution is 2.51. The molecule has 6 nitrogen and oxygen atoms in total. The summed E-state index contributed by atoms with van der Waals surface area (Å²) in [6.45, 7) is 9.53. The van der Waals surface area contributed by atoms with Crippen LogP contribution in [-0.4, -0.2) is 46.1 Å². The molecule has 2 aliphatic rings. The number of aliphatic hydroxyl groups excluding tert-OH is 1. The summed E-state index contributed by atoms with van der Waals surface area (Å²) in [6, 6.07) is 0. The van der Waals surface area contributed by atoms with Crippen molar-refractivity contribution in [1.29, 1.82) is 0 Å². The lowest BCUT2D eigenvalue weighted by atomic mass is 9.73. The maximum atomic E-state index is 13.2. The van der Waals surface area contributed by atoms with Gasteiger partial charge in [0, 0.05) is 17.8 Å². The van der Waals surface area contributed by atoms with E-state index >= 15 is 0 Å². The Kier molecular flexibility index (Phi) is 7.32. The number of fused-ring (bicyclic) bond motifs is 1. The molecular formula is C22H38O6. The summed E-state index contributed by atoms with van der Waals surface area (Å²) in [5.41, 5.74) is -1.42. The van der Waals surface area contributed by atoms with Gasteiger partial charge in [-0.2, -0.15) is 0 Å². The van der Waals surface area contributed by atoms with E-state index in [1.165, 1.54) is 0 Å². The molecule has 5 atom stereocenters. The first-order valence-corrected chi connectivity index (χ1v) is 10.8. The number of cyclic esters (lactones) is 1. The quantitative estimate of drug-likeness (QED) is 0.547. The van der Waals surface area contributed by atoms with Gasteiger partial charge in [-0.3, -0.25) is 9.59 Å². The molecule has 5 unspecified atom stereocenters. The molecule has 0 aliphatic carbocycles. The molecular weight excluding hydrogens is 360 g/mol. The first-order chi connectivity index (χ1) is 12.9. The van der Waals surface area contributed by atoms with Crippen molar-refractivity contribution >= 4 is 11.8 Å². The average Bonchev–Trinajstić information content (AvgIpc) is 3.18. The van der Waals surface area contributed by atoms with Crippen LogP contribution in [0.2, 0.25) is 0 Å². The number of rotatable bonds is 2. The van der Waals surface area contributed by atoms with Crippen LogP contribution in [0.15, 0.2) is 0 Å². The van der Waals surface area contributed by atoms with Gasteiger partial charge < -0.3 is 19.7 Å². The molecule has 162 valence electrons. The third kappa shape index (κ3) is 5.14. The smallest absolute Gasteiger partial charge is 0.305 e. The lowest BCUT2D eigenvalue weighted by Gasteiger charge is -2.30. The van der Waals surface area contributed by atoms with Crippen LogP contribution in [0.5, 0.6) is 0 Å². The molecule has 0 amide bonds. The van der Waals surface area contributed by atoms with E-state index in [9.17, 15) is 19.8 Å². The fourth-order valence-electron chi connectivity index (χ4n) is 4.51. The van der Waals surface area contributed by atoms with Gasteiger partial charge in [-0.25, -0.2) is 0 Å². The summed E-state index contributed by atoms with van der Waals surface area (Å²) in [5, 5.41) is 20.8. The minimum atomic E-state index is -1.66. The van der Waals surface area contributed by atoms with Crippen LogP contribution >= 0.6 is 0 Å². The van der Waals surface area contributed by atoms with E-state index in [2.05, 4.69) is 13.8 Å². The molecule has 6 heteroatoms. The summed E-state index contributed by atoms with van der Waals surface area (Å²) >= 11 is 0. The number of ketones is 1. The van der Waals surface area contributed by atoms with Gasteiger partial charge in [0.05, 0.1) is 0 Å². The number of Topliss-reactive ketones (excluding diaryl/α,β-unsaturated/α-hetero) is 1. The molecule has 28 heavy (non-hydrogen) atoms. The van der Waals surface area contributed by atoms with E-state index in [1.807, 2.05) is 13.8 Å². The summed E-state index contributed by atoms with van der Waals surface area (Å²) < 4.78 is 10.6. The standard InChI is InChI=1S/C22H38O6/c1-6-8-16-13-15(2)9-7-11-21(5)22(26,28-21)17(23)14-27-18(24)10-12-20(3,4)19(16)25/h15-17,23,26H,6-14H2,1-5H3. The van der Waals surface area contributed by atoms with Crippen molar-refractivity contribution in [3.8, 4) is 0 Å². The van der Waals surface area contributed by atoms with Crippen molar-refractivity contribution in [1.82, 2.24) is 0 Å². The summed E-state index contributed by atoms with van der Waals surface area (Å²) in [5.74, 6) is -1.51. The number of esters is 1. The lowest BCUT2D eigenvalue weighted by molar-refractivity contribution is -0.155. The van der Waals surface area contributed by atoms with Gasteiger partial charge in [0.1, 0.15) is 24.1 Å². The van der Waals surface area contributed by atoms with Crippen LogP contribution < -0.4 is 0 Å². The molecule has 0 bridgehead atoms. The molecule has 0 aromatic carbocycles. The fourth-order valence-corrected chi connectivity index (χ4v) is 4.51. The Labute approximate surface area is 169 Å². The highest BCUT2D eigenvalue weighted by molar-refractivity contribution is 5.86. The number of hydrogen-bond donors (Lipinski definition) is 2. The number of carbonyl (C=O) groups excluding carboxylic acids is 2. The van der Waals surface area contributed by atoms with Crippen molar-refractivity contribution in [2.45, 2.75) is 103 Å². The highest BCUT2D eigenvalue weighted by atomic mass is 16.8. The predicted molar refractivity (Wildman–Crippen MR) is 105 cm³/mol. The molecule has 2 fully saturated rings. The number of aliphatic hydroxyl groups is 2. The fraction of sp³-hybridized carbons (Fsp3) is 0.909. The minimum absolute atomic E-state index is 0.00504. The molecule has 0 saturated carbocycles. The normalized spacial score (nSPS) is 40.5. The minimum Gasteiger partial charge on any atom is -0.463 e. The van der Waals surface area contributed by atoms with Crippen LogP contribution in [0.4, 0.5) is 0 Å². The number of epoxide rings is 1. The van der Waals surface area contributed by atoms with Crippen LogP contribution in [-0.2, 0) is 19.1 Å². The molecule has 2 saturated heterocycles. The molecule has 2 aliphatic heterocycles. The van der Waals surface area contributed by atoms with E-state index in [-0.39, 0.29) is 24.7 Å². The zero-order valence-corrected chi connectivity index (χ0v) is 18.1. The van der Waals surface area contributed by atoms with Crippen LogP contribution in [0.3, 0.4) is 0 Å². The molecule has 0 aromatic heterocycles. The van der Waals surface area contributed by atoms with Crippen molar-refractivity contribution < 1.29 is 29.3 Å². The maximum Gasteiger partial charge on any atom is 0.305 e. The van der Waals surface area contributed by atoms with Crippen molar-refractivity contribution in [3.63, 3.8) is 0 Å². The Balaban J connectivity index is 2.14. The average molecular weight is 399 g/mol. The van der Waals surface area contributed by atoms with Gasteiger partial charge in [0.15, 0.2) is 0 Å². The van der Waals surface area contributed by atoms with Gasteiger partial charge in [-0.15, -0.1) is 0 Å². The van der Waals surface area contributed by atoms with E-state index in [1.54, 1.807) is 6.92 Å². The second-order valence-electron chi connectivity index (χ2n) is 9.70. The Morgan fingerprint density at radius 2 is 1.86 bits per heavy atom. The van der Waals surface area contributed by atoms with Crippen molar-refractivity contribution in [3.05, 3.63) is 0 Å². The van der Waals surface area contributed by atoms with E-state index in [0.717, 1.165) is 32.1 Å². The SMILES string of the molecule is CCCC1CC(C)CCCC2(C)OC2(O)C(O)COC(=O)CCC(C)(C)C1=O. The first kappa shape index (κ1) is 23.3. The number of ether oxygens (including phenoxy) is 2.